The molecule has 8 saturated carbocycles. The van der Waals surface area contributed by atoms with Crippen LogP contribution in [0.25, 0.3) is 0 Å². The maximum Gasteiger partial charge on any atom is 0.0529 e. The van der Waals surface area contributed by atoms with Gasteiger partial charge in [0.05, 0.1) is 6.61 Å². The fourth-order valence-electron chi connectivity index (χ4n) is 13.3. The van der Waals surface area contributed by atoms with Crippen molar-refractivity contribution >= 4 is 0 Å². The summed E-state index contributed by atoms with van der Waals surface area (Å²) in [6, 6.07) is 0. The first-order valence-corrected chi connectivity index (χ1v) is 11.0. The second kappa shape index (κ2) is 3.08. The van der Waals surface area contributed by atoms with E-state index in [-0.39, 0.29) is 0 Å². The largest absolute Gasteiger partial charge is 0.381 e. The normalized spacial score (nSPS) is 82.4. The monoisotopic (exact) mass is 308 g/mol. The number of fused-ring (bicyclic) bond motifs is 6. The summed E-state index contributed by atoms with van der Waals surface area (Å²) in [6.07, 6.45) is 8.01. The topological polar surface area (TPSA) is 9.23 Å². The van der Waals surface area contributed by atoms with Gasteiger partial charge in [0.2, 0.25) is 0 Å². The second-order valence-corrected chi connectivity index (χ2v) is 11.5. The highest BCUT2D eigenvalue weighted by molar-refractivity contribution is 5.34. The Morgan fingerprint density at radius 2 is 1.09 bits per heavy atom. The van der Waals surface area contributed by atoms with Crippen molar-refractivity contribution in [3.05, 3.63) is 0 Å². The molecule has 8 aliphatic carbocycles. The summed E-state index contributed by atoms with van der Waals surface area (Å²) in [5, 5.41) is 0. The SMILES string of the molecule is C1CC2(CO1)[C@@H]1[C@@H]3CC[C@H]4C5C6[C@H]([C@@H]1[C@H]1[C@@H]6[C@@H]6[C@@H](CC[C@@H]56)[C@@H]12)[C@@H]34. The zero-order valence-corrected chi connectivity index (χ0v) is 13.9. The quantitative estimate of drug-likeness (QED) is 0.663. The lowest BCUT2D eigenvalue weighted by Gasteiger charge is -2.41. The van der Waals surface area contributed by atoms with E-state index < -0.39 is 0 Å². The molecule has 1 nitrogen and oxygen atoms in total. The molecule has 1 spiro atoms. The maximum absolute atomic E-state index is 6.19. The number of rotatable bonds is 0. The van der Waals surface area contributed by atoms with Crippen molar-refractivity contribution < 1.29 is 4.74 Å². The first-order chi connectivity index (χ1) is 11.4. The zero-order valence-electron chi connectivity index (χ0n) is 13.9. The minimum absolute atomic E-state index is 0.684. The Hall–Kier alpha value is -0.0400. The summed E-state index contributed by atoms with van der Waals surface area (Å²) in [4.78, 5) is 0. The van der Waals surface area contributed by atoms with Crippen LogP contribution < -0.4 is 0 Å². The van der Waals surface area contributed by atoms with E-state index in [1.807, 2.05) is 0 Å². The Kier molecular flexibility index (Phi) is 1.55. The number of hydrogen-bond donors (Lipinski definition) is 0. The molecule has 15 atom stereocenters. The molecule has 0 radical (unpaired) electrons. The number of ether oxygens (including phenoxy) is 1. The Balaban J connectivity index is 1.40. The lowest BCUT2D eigenvalue weighted by molar-refractivity contribution is 0.0276. The minimum atomic E-state index is 0.684. The number of hydrogen-bond acceptors (Lipinski definition) is 1. The molecule has 1 heterocycles. The molecule has 0 N–H and O–H groups in total. The van der Waals surface area contributed by atoms with Crippen molar-refractivity contribution in [2.75, 3.05) is 13.2 Å². The van der Waals surface area contributed by atoms with Crippen LogP contribution in [-0.2, 0) is 4.74 Å². The Morgan fingerprint density at radius 1 is 0.565 bits per heavy atom. The third-order valence-electron chi connectivity index (χ3n) is 12.4. The summed E-state index contributed by atoms with van der Waals surface area (Å²) < 4.78 is 6.19. The molecule has 1 saturated heterocycles. The van der Waals surface area contributed by atoms with Crippen molar-refractivity contribution in [3.8, 4) is 0 Å². The van der Waals surface area contributed by atoms with E-state index in [9.17, 15) is 0 Å². The predicted molar refractivity (Wildman–Crippen MR) is 85.2 cm³/mol. The van der Waals surface area contributed by atoms with E-state index in [0.717, 1.165) is 30.3 Å². The molecule has 9 rings (SSSR count). The van der Waals surface area contributed by atoms with Gasteiger partial charge in [-0.25, -0.2) is 0 Å². The average molecular weight is 308 g/mol. The molecule has 0 bridgehead atoms. The van der Waals surface area contributed by atoms with Crippen molar-refractivity contribution in [2.45, 2.75) is 32.1 Å². The molecular weight excluding hydrogens is 280 g/mol. The summed E-state index contributed by atoms with van der Waals surface area (Å²) in [7, 11) is 0. The maximum atomic E-state index is 6.19. The van der Waals surface area contributed by atoms with E-state index in [4.69, 9.17) is 4.74 Å². The van der Waals surface area contributed by atoms with Gasteiger partial charge < -0.3 is 4.74 Å². The standard InChI is InChI=1S/C22H28O/c1-3-10-13-8(1)12-9-2-4-11-14(9)17-15(12)16(13)18-19(17)21(11)22(20(10)18)5-6-23-7-22/h8-21H,1-7H2/t8-,9-,10+,11+,12?,13-,14+,15?,16+,17+,18+,19+,20-,21+,22?/m0/s1. The van der Waals surface area contributed by atoms with Crippen LogP contribution in [-0.4, -0.2) is 13.2 Å². The second-order valence-electron chi connectivity index (χ2n) is 11.5. The van der Waals surface area contributed by atoms with Gasteiger partial charge >= 0.3 is 0 Å². The first-order valence-electron chi connectivity index (χ1n) is 11.0. The van der Waals surface area contributed by atoms with E-state index in [0.29, 0.717) is 5.41 Å². The molecule has 0 aromatic rings. The first kappa shape index (κ1) is 11.6. The van der Waals surface area contributed by atoms with E-state index >= 15 is 0 Å². The lowest BCUT2D eigenvalue weighted by atomic mass is 9.62. The third-order valence-corrected chi connectivity index (χ3v) is 12.4. The Bertz CT molecular complexity index is 600. The summed E-state index contributed by atoms with van der Waals surface area (Å²) in [6.45, 7) is 2.29. The molecule has 122 valence electrons. The van der Waals surface area contributed by atoms with Gasteiger partial charge in [0.1, 0.15) is 0 Å². The Labute approximate surface area is 138 Å². The van der Waals surface area contributed by atoms with Crippen LogP contribution in [0.4, 0.5) is 0 Å². The van der Waals surface area contributed by atoms with E-state index in [2.05, 4.69) is 0 Å². The van der Waals surface area contributed by atoms with Crippen LogP contribution in [0.1, 0.15) is 32.1 Å². The van der Waals surface area contributed by atoms with Gasteiger partial charge in [-0.2, -0.15) is 0 Å². The highest BCUT2D eigenvalue weighted by Gasteiger charge is 2.87. The third kappa shape index (κ3) is 0.825. The van der Waals surface area contributed by atoms with Crippen LogP contribution in [0.3, 0.4) is 0 Å². The summed E-state index contributed by atoms with van der Waals surface area (Å²) in [5.41, 5.74) is 0.684. The molecule has 0 amide bonds. The van der Waals surface area contributed by atoms with E-state index in [1.165, 1.54) is 72.2 Å². The summed E-state index contributed by atoms with van der Waals surface area (Å²) >= 11 is 0. The average Bonchev–Trinajstić information content (AvgIpc) is 3.33. The van der Waals surface area contributed by atoms with Crippen molar-refractivity contribution in [1.29, 1.82) is 0 Å². The molecular formula is C22H28O. The van der Waals surface area contributed by atoms with Crippen LogP contribution in [0.2, 0.25) is 0 Å². The van der Waals surface area contributed by atoms with Crippen LogP contribution in [0.15, 0.2) is 0 Å². The fourth-order valence-corrected chi connectivity index (χ4v) is 13.3. The molecule has 0 aromatic heterocycles. The molecule has 23 heavy (non-hydrogen) atoms. The van der Waals surface area contributed by atoms with Crippen molar-refractivity contribution in [3.63, 3.8) is 0 Å². The van der Waals surface area contributed by atoms with Crippen molar-refractivity contribution in [1.82, 2.24) is 0 Å². The smallest absolute Gasteiger partial charge is 0.0529 e. The van der Waals surface area contributed by atoms with Gasteiger partial charge in [-0.3, -0.25) is 0 Å². The fraction of sp³-hybridized carbons (Fsp3) is 1.00. The molecule has 9 aliphatic rings. The van der Waals surface area contributed by atoms with Gasteiger partial charge in [0.25, 0.3) is 0 Å². The van der Waals surface area contributed by atoms with Gasteiger partial charge in [-0.05, 0) is 115 Å². The lowest BCUT2D eigenvalue weighted by Crippen LogP contribution is -2.40. The molecule has 3 unspecified atom stereocenters. The predicted octanol–water partition coefficient (Wildman–Crippen LogP) is 3.69. The molecule has 0 aromatic carbocycles. The minimum Gasteiger partial charge on any atom is -0.381 e. The molecule has 1 heteroatoms. The van der Waals surface area contributed by atoms with Crippen LogP contribution in [0, 0.1) is 88.3 Å². The van der Waals surface area contributed by atoms with Crippen LogP contribution in [0.5, 0.6) is 0 Å². The van der Waals surface area contributed by atoms with Crippen LogP contribution >= 0.6 is 0 Å². The van der Waals surface area contributed by atoms with Gasteiger partial charge in [0, 0.05) is 12.0 Å². The highest BCUT2D eigenvalue weighted by atomic mass is 16.5. The zero-order chi connectivity index (χ0) is 14.2. The molecule has 9 fully saturated rings. The van der Waals surface area contributed by atoms with Gasteiger partial charge in [-0.1, -0.05) is 0 Å². The Morgan fingerprint density at radius 3 is 1.65 bits per heavy atom. The van der Waals surface area contributed by atoms with Gasteiger partial charge in [0.15, 0.2) is 0 Å². The van der Waals surface area contributed by atoms with Gasteiger partial charge in [-0.15, -0.1) is 0 Å². The summed E-state index contributed by atoms with van der Waals surface area (Å²) in [5.74, 6) is 16.7. The van der Waals surface area contributed by atoms with E-state index in [1.54, 1.807) is 25.7 Å². The molecule has 1 aliphatic heterocycles. The van der Waals surface area contributed by atoms with Crippen molar-refractivity contribution in [2.24, 2.45) is 88.3 Å². The highest BCUT2D eigenvalue weighted by Crippen LogP contribution is 2.91.